The molecule has 0 bridgehead atoms. The summed E-state index contributed by atoms with van der Waals surface area (Å²) in [5.74, 6) is 0.247. The van der Waals surface area contributed by atoms with Crippen molar-refractivity contribution in [2.75, 3.05) is 13.1 Å². The fourth-order valence-electron chi connectivity index (χ4n) is 2.81. The number of ether oxygens (including phenoxy) is 1. The van der Waals surface area contributed by atoms with Gasteiger partial charge in [0.25, 0.3) is 0 Å². The Morgan fingerprint density at radius 1 is 1.53 bits per heavy atom. The first-order valence-electron chi connectivity index (χ1n) is 6.73. The van der Waals surface area contributed by atoms with E-state index in [2.05, 4.69) is 26.1 Å². The summed E-state index contributed by atoms with van der Waals surface area (Å²) in [5, 5.41) is 3.82. The van der Waals surface area contributed by atoms with Gasteiger partial charge in [0.05, 0.1) is 11.7 Å². The van der Waals surface area contributed by atoms with Gasteiger partial charge in [0.2, 0.25) is 0 Å². The second-order valence-electron chi connectivity index (χ2n) is 5.95. The summed E-state index contributed by atoms with van der Waals surface area (Å²) in [7, 11) is 0. The van der Waals surface area contributed by atoms with Crippen molar-refractivity contribution in [1.29, 1.82) is 0 Å². The maximum Gasteiger partial charge on any atom is 0.124 e. The summed E-state index contributed by atoms with van der Waals surface area (Å²) in [4.78, 5) is 0. The van der Waals surface area contributed by atoms with Crippen molar-refractivity contribution in [3.63, 3.8) is 0 Å². The van der Waals surface area contributed by atoms with Gasteiger partial charge in [-0.25, -0.2) is 4.39 Å². The average Bonchev–Trinajstić information content (AvgIpc) is 2.26. The molecule has 19 heavy (non-hydrogen) atoms. The highest BCUT2D eigenvalue weighted by Crippen LogP contribution is 2.34. The molecule has 1 fully saturated rings. The SMILES string of the molecule is CC(C)CC1(C)CNCC(c2ccc(F)cc2Cl)O1. The molecular weight excluding hydrogens is 265 g/mol. The van der Waals surface area contributed by atoms with Crippen LogP contribution >= 0.6 is 11.6 Å². The highest BCUT2D eigenvalue weighted by Gasteiger charge is 2.34. The second kappa shape index (κ2) is 5.78. The van der Waals surface area contributed by atoms with E-state index in [4.69, 9.17) is 16.3 Å². The minimum absolute atomic E-state index is 0.120. The minimum Gasteiger partial charge on any atom is -0.365 e. The molecule has 4 heteroatoms. The lowest BCUT2D eigenvalue weighted by Crippen LogP contribution is -2.49. The van der Waals surface area contributed by atoms with Crippen LogP contribution in [0.5, 0.6) is 0 Å². The Morgan fingerprint density at radius 3 is 2.89 bits per heavy atom. The Labute approximate surface area is 119 Å². The summed E-state index contributed by atoms with van der Waals surface area (Å²) in [6.45, 7) is 8.02. The van der Waals surface area contributed by atoms with Crippen LogP contribution in [0, 0.1) is 11.7 Å². The Hall–Kier alpha value is -0.640. The van der Waals surface area contributed by atoms with Crippen LogP contribution < -0.4 is 5.32 Å². The predicted molar refractivity (Wildman–Crippen MR) is 76.0 cm³/mol. The zero-order valence-electron chi connectivity index (χ0n) is 11.7. The molecule has 0 amide bonds. The number of halogens is 2. The zero-order chi connectivity index (χ0) is 14.0. The van der Waals surface area contributed by atoms with Crippen LogP contribution in [0.1, 0.15) is 38.9 Å². The normalized spacial score (nSPS) is 27.8. The maximum atomic E-state index is 13.1. The largest absolute Gasteiger partial charge is 0.365 e. The third-order valence-electron chi connectivity index (χ3n) is 3.40. The fraction of sp³-hybridized carbons (Fsp3) is 0.600. The van der Waals surface area contributed by atoms with Crippen LogP contribution in [0.4, 0.5) is 4.39 Å². The van der Waals surface area contributed by atoms with E-state index in [1.165, 1.54) is 12.1 Å². The van der Waals surface area contributed by atoms with Crippen LogP contribution in [0.3, 0.4) is 0 Å². The van der Waals surface area contributed by atoms with Crippen LogP contribution in [-0.2, 0) is 4.74 Å². The lowest BCUT2D eigenvalue weighted by Gasteiger charge is -2.40. The molecule has 2 nitrogen and oxygen atoms in total. The van der Waals surface area contributed by atoms with Gasteiger partial charge < -0.3 is 10.1 Å². The Morgan fingerprint density at radius 2 is 2.26 bits per heavy atom. The average molecular weight is 286 g/mol. The first kappa shape index (κ1) is 14.8. The number of benzene rings is 1. The molecule has 1 aromatic rings. The van der Waals surface area contributed by atoms with Gasteiger partial charge >= 0.3 is 0 Å². The molecule has 1 aromatic carbocycles. The van der Waals surface area contributed by atoms with Crippen molar-refractivity contribution in [2.24, 2.45) is 5.92 Å². The van der Waals surface area contributed by atoms with Crippen molar-refractivity contribution in [1.82, 2.24) is 5.32 Å². The topological polar surface area (TPSA) is 21.3 Å². The molecule has 1 saturated heterocycles. The predicted octanol–water partition coefficient (Wildman–Crippen LogP) is 3.94. The Bertz CT molecular complexity index is 452. The second-order valence-corrected chi connectivity index (χ2v) is 6.36. The van der Waals surface area contributed by atoms with E-state index in [1.807, 2.05) is 0 Å². The molecular formula is C15H21ClFNO. The van der Waals surface area contributed by atoms with Crippen molar-refractivity contribution in [3.05, 3.63) is 34.6 Å². The number of morpholine rings is 1. The van der Waals surface area contributed by atoms with Gasteiger partial charge in [-0.3, -0.25) is 0 Å². The number of rotatable bonds is 3. The summed E-state index contributed by atoms with van der Waals surface area (Å²) in [6, 6.07) is 4.48. The van der Waals surface area contributed by atoms with Crippen molar-refractivity contribution < 1.29 is 9.13 Å². The standard InChI is InChI=1S/C15H21ClFNO/c1-10(2)7-15(3)9-18-8-14(19-15)12-5-4-11(17)6-13(12)16/h4-6,10,14,18H,7-9H2,1-3H3. The van der Waals surface area contributed by atoms with Crippen LogP contribution in [0.15, 0.2) is 18.2 Å². The van der Waals surface area contributed by atoms with E-state index >= 15 is 0 Å². The van der Waals surface area contributed by atoms with Gasteiger partial charge in [0.15, 0.2) is 0 Å². The first-order chi connectivity index (χ1) is 8.89. The van der Waals surface area contributed by atoms with Gasteiger partial charge in [-0.15, -0.1) is 0 Å². The quantitative estimate of drug-likeness (QED) is 0.908. The van der Waals surface area contributed by atoms with E-state index in [-0.39, 0.29) is 17.5 Å². The van der Waals surface area contributed by atoms with Crippen LogP contribution in [0.2, 0.25) is 5.02 Å². The minimum atomic E-state index is -0.317. The summed E-state index contributed by atoms with van der Waals surface area (Å²) in [5.41, 5.74) is 0.652. The third-order valence-corrected chi connectivity index (χ3v) is 3.73. The Kier molecular flexibility index (Phi) is 4.49. The van der Waals surface area contributed by atoms with Crippen LogP contribution in [0.25, 0.3) is 0 Å². The molecule has 0 aliphatic carbocycles. The van der Waals surface area contributed by atoms with Crippen molar-refractivity contribution >= 4 is 11.6 Å². The molecule has 1 aliphatic heterocycles. The lowest BCUT2D eigenvalue weighted by molar-refractivity contribution is -0.117. The smallest absolute Gasteiger partial charge is 0.124 e. The van der Waals surface area contributed by atoms with E-state index < -0.39 is 0 Å². The van der Waals surface area contributed by atoms with Gasteiger partial charge in [0, 0.05) is 23.7 Å². The Balaban J connectivity index is 2.17. The molecule has 0 spiro atoms. The molecule has 106 valence electrons. The van der Waals surface area contributed by atoms with Gasteiger partial charge in [-0.05, 0) is 31.4 Å². The number of nitrogens with one attached hydrogen (secondary N) is 1. The van der Waals surface area contributed by atoms with Gasteiger partial charge in [0.1, 0.15) is 5.82 Å². The zero-order valence-corrected chi connectivity index (χ0v) is 12.4. The molecule has 0 saturated carbocycles. The molecule has 0 aromatic heterocycles. The summed E-state index contributed by atoms with van der Waals surface area (Å²) < 4.78 is 19.3. The molecule has 2 rings (SSSR count). The van der Waals surface area contributed by atoms with Crippen molar-refractivity contribution in [3.8, 4) is 0 Å². The summed E-state index contributed by atoms with van der Waals surface area (Å²) in [6.07, 6.45) is 0.862. The monoisotopic (exact) mass is 285 g/mol. The maximum absolute atomic E-state index is 13.1. The van der Waals surface area contributed by atoms with Gasteiger partial charge in [-0.2, -0.15) is 0 Å². The molecule has 2 unspecified atom stereocenters. The number of hydrogen-bond donors (Lipinski definition) is 1. The molecule has 1 N–H and O–H groups in total. The van der Waals surface area contributed by atoms with E-state index in [0.29, 0.717) is 17.5 Å². The lowest BCUT2D eigenvalue weighted by atomic mass is 9.91. The summed E-state index contributed by atoms with van der Waals surface area (Å²) >= 11 is 6.11. The highest BCUT2D eigenvalue weighted by atomic mass is 35.5. The third kappa shape index (κ3) is 3.68. The van der Waals surface area contributed by atoms with E-state index in [1.54, 1.807) is 6.07 Å². The fourth-order valence-corrected chi connectivity index (χ4v) is 3.10. The first-order valence-corrected chi connectivity index (χ1v) is 7.11. The van der Waals surface area contributed by atoms with E-state index in [0.717, 1.165) is 18.5 Å². The van der Waals surface area contributed by atoms with Crippen molar-refractivity contribution in [2.45, 2.75) is 38.9 Å². The van der Waals surface area contributed by atoms with Gasteiger partial charge in [-0.1, -0.05) is 31.5 Å². The van der Waals surface area contributed by atoms with E-state index in [9.17, 15) is 4.39 Å². The molecule has 1 aliphatic rings. The molecule has 2 atom stereocenters. The number of hydrogen-bond acceptors (Lipinski definition) is 2. The van der Waals surface area contributed by atoms with Crippen LogP contribution in [-0.4, -0.2) is 18.7 Å². The molecule has 0 radical (unpaired) electrons. The molecule has 1 heterocycles. The highest BCUT2D eigenvalue weighted by molar-refractivity contribution is 6.31.